The lowest BCUT2D eigenvalue weighted by atomic mass is 10.1. The van der Waals surface area contributed by atoms with Crippen molar-refractivity contribution in [2.75, 3.05) is 0 Å². The summed E-state index contributed by atoms with van der Waals surface area (Å²) in [7, 11) is 0. The molecule has 0 fully saturated rings. The maximum absolute atomic E-state index is 3.48. The molecule has 58 valence electrons. The van der Waals surface area contributed by atoms with Gasteiger partial charge in [0.1, 0.15) is 0 Å². The van der Waals surface area contributed by atoms with Gasteiger partial charge in [0.2, 0.25) is 0 Å². The van der Waals surface area contributed by atoms with Crippen molar-refractivity contribution in [3.8, 4) is 0 Å². The van der Waals surface area contributed by atoms with Crippen molar-refractivity contribution in [1.82, 2.24) is 5.32 Å². The molecule has 1 aliphatic heterocycles. The van der Waals surface area contributed by atoms with Crippen LogP contribution in [0.3, 0.4) is 0 Å². The van der Waals surface area contributed by atoms with E-state index in [0.29, 0.717) is 6.04 Å². The Bertz CT molecular complexity index is 131. The Morgan fingerprint density at radius 2 is 2.10 bits per heavy atom. The van der Waals surface area contributed by atoms with Crippen molar-refractivity contribution in [3.63, 3.8) is 0 Å². The van der Waals surface area contributed by atoms with Crippen LogP contribution in [0.25, 0.3) is 0 Å². The molecule has 0 saturated carbocycles. The molecular formula is C9H17N. The lowest BCUT2D eigenvalue weighted by Gasteiger charge is -2.04. The summed E-state index contributed by atoms with van der Waals surface area (Å²) in [5.74, 6) is 0. The molecule has 10 heavy (non-hydrogen) atoms. The van der Waals surface area contributed by atoms with E-state index in [9.17, 15) is 0 Å². The summed E-state index contributed by atoms with van der Waals surface area (Å²) >= 11 is 0. The predicted octanol–water partition coefficient (Wildman–Crippen LogP) is 2.44. The van der Waals surface area contributed by atoms with Crippen LogP contribution in [0.4, 0.5) is 0 Å². The molecule has 1 unspecified atom stereocenters. The van der Waals surface area contributed by atoms with Gasteiger partial charge in [0.05, 0.1) is 0 Å². The van der Waals surface area contributed by atoms with Crippen molar-refractivity contribution in [1.29, 1.82) is 0 Å². The molecule has 1 aliphatic rings. The zero-order valence-electron chi connectivity index (χ0n) is 7.20. The van der Waals surface area contributed by atoms with Crippen LogP contribution in [0.15, 0.2) is 11.3 Å². The van der Waals surface area contributed by atoms with Crippen LogP contribution < -0.4 is 5.32 Å². The first-order chi connectivity index (χ1) is 4.77. The van der Waals surface area contributed by atoms with E-state index in [1.165, 1.54) is 25.0 Å². The van der Waals surface area contributed by atoms with Crippen LogP contribution in [0.2, 0.25) is 0 Å². The Balaban J connectivity index is 2.61. The smallest absolute Gasteiger partial charge is 0.0267 e. The van der Waals surface area contributed by atoms with Crippen LogP contribution in [0.1, 0.15) is 40.0 Å². The zero-order valence-corrected chi connectivity index (χ0v) is 7.20. The van der Waals surface area contributed by atoms with E-state index in [2.05, 4.69) is 26.1 Å². The monoisotopic (exact) mass is 139 g/mol. The third-order valence-electron chi connectivity index (χ3n) is 2.18. The molecule has 1 nitrogen and oxygen atoms in total. The highest BCUT2D eigenvalue weighted by Gasteiger charge is 2.16. The summed E-state index contributed by atoms with van der Waals surface area (Å²) in [6.45, 7) is 6.71. The van der Waals surface area contributed by atoms with E-state index in [4.69, 9.17) is 0 Å². The van der Waals surface area contributed by atoms with Gasteiger partial charge in [0, 0.05) is 11.7 Å². The average Bonchev–Trinajstić information content (AvgIpc) is 2.30. The molecule has 0 bridgehead atoms. The average molecular weight is 139 g/mol. The molecule has 0 spiro atoms. The van der Waals surface area contributed by atoms with E-state index in [0.717, 1.165) is 0 Å². The molecule has 1 N–H and O–H groups in total. The standard InChI is InChI=1S/C9H17N/c1-4-8-6-7(3)10-9(8)5-2/h7,10H,4-6H2,1-3H3. The van der Waals surface area contributed by atoms with E-state index in [-0.39, 0.29) is 0 Å². The van der Waals surface area contributed by atoms with Gasteiger partial charge in [0.15, 0.2) is 0 Å². The quantitative estimate of drug-likeness (QED) is 0.619. The third kappa shape index (κ3) is 1.34. The first-order valence-corrected chi connectivity index (χ1v) is 4.25. The molecule has 0 amide bonds. The molecule has 0 radical (unpaired) electrons. The van der Waals surface area contributed by atoms with Crippen LogP contribution in [0.5, 0.6) is 0 Å². The molecular weight excluding hydrogens is 122 g/mol. The van der Waals surface area contributed by atoms with Crippen molar-refractivity contribution in [2.24, 2.45) is 0 Å². The van der Waals surface area contributed by atoms with Crippen molar-refractivity contribution < 1.29 is 0 Å². The summed E-state index contributed by atoms with van der Waals surface area (Å²) in [4.78, 5) is 0. The Hall–Kier alpha value is -0.460. The second-order valence-corrected chi connectivity index (χ2v) is 3.04. The lowest BCUT2D eigenvalue weighted by Crippen LogP contribution is -2.17. The fourth-order valence-corrected chi connectivity index (χ4v) is 1.65. The predicted molar refractivity (Wildman–Crippen MR) is 44.8 cm³/mol. The van der Waals surface area contributed by atoms with Crippen LogP contribution in [-0.2, 0) is 0 Å². The summed E-state index contributed by atoms with van der Waals surface area (Å²) in [6, 6.07) is 0.685. The van der Waals surface area contributed by atoms with Crippen LogP contribution >= 0.6 is 0 Å². The SMILES string of the molecule is CCC1=C(CC)NC(C)C1. The summed E-state index contributed by atoms with van der Waals surface area (Å²) < 4.78 is 0. The minimum absolute atomic E-state index is 0.685. The summed E-state index contributed by atoms with van der Waals surface area (Å²) in [6.07, 6.45) is 3.66. The summed E-state index contributed by atoms with van der Waals surface area (Å²) in [5, 5.41) is 3.48. The van der Waals surface area contributed by atoms with E-state index in [1.807, 2.05) is 0 Å². The van der Waals surface area contributed by atoms with Gasteiger partial charge in [-0.25, -0.2) is 0 Å². The highest BCUT2D eigenvalue weighted by molar-refractivity contribution is 5.19. The number of allylic oxidation sites excluding steroid dienone is 1. The Kier molecular flexibility index (Phi) is 2.36. The van der Waals surface area contributed by atoms with Gasteiger partial charge >= 0.3 is 0 Å². The van der Waals surface area contributed by atoms with Crippen LogP contribution in [-0.4, -0.2) is 6.04 Å². The van der Waals surface area contributed by atoms with E-state index >= 15 is 0 Å². The van der Waals surface area contributed by atoms with Crippen molar-refractivity contribution in [3.05, 3.63) is 11.3 Å². The van der Waals surface area contributed by atoms with Crippen molar-refractivity contribution >= 4 is 0 Å². The summed E-state index contributed by atoms with van der Waals surface area (Å²) in [5.41, 5.74) is 3.13. The highest BCUT2D eigenvalue weighted by atomic mass is 14.9. The zero-order chi connectivity index (χ0) is 7.56. The lowest BCUT2D eigenvalue weighted by molar-refractivity contribution is 0.654. The second-order valence-electron chi connectivity index (χ2n) is 3.04. The minimum atomic E-state index is 0.685. The van der Waals surface area contributed by atoms with Gasteiger partial charge in [0.25, 0.3) is 0 Å². The molecule has 0 aliphatic carbocycles. The van der Waals surface area contributed by atoms with E-state index in [1.54, 1.807) is 5.57 Å². The van der Waals surface area contributed by atoms with Gasteiger partial charge in [-0.15, -0.1) is 0 Å². The van der Waals surface area contributed by atoms with Gasteiger partial charge in [-0.05, 0) is 31.8 Å². The molecule has 1 atom stereocenters. The highest BCUT2D eigenvalue weighted by Crippen LogP contribution is 2.22. The molecule has 0 saturated heterocycles. The largest absolute Gasteiger partial charge is 0.386 e. The normalized spacial score (nSPS) is 25.3. The molecule has 0 aromatic carbocycles. The Morgan fingerprint density at radius 1 is 1.40 bits per heavy atom. The Labute approximate surface area is 63.5 Å². The van der Waals surface area contributed by atoms with Crippen molar-refractivity contribution in [2.45, 2.75) is 46.1 Å². The molecule has 1 rings (SSSR count). The molecule has 1 heterocycles. The van der Waals surface area contributed by atoms with Gasteiger partial charge < -0.3 is 5.32 Å². The third-order valence-corrected chi connectivity index (χ3v) is 2.18. The molecule has 0 aromatic heterocycles. The van der Waals surface area contributed by atoms with Gasteiger partial charge in [-0.1, -0.05) is 13.8 Å². The first-order valence-electron chi connectivity index (χ1n) is 4.25. The topological polar surface area (TPSA) is 12.0 Å². The first kappa shape index (κ1) is 7.64. The maximum Gasteiger partial charge on any atom is 0.0267 e. The number of hydrogen-bond donors (Lipinski definition) is 1. The second kappa shape index (κ2) is 3.09. The van der Waals surface area contributed by atoms with Crippen LogP contribution in [0, 0.1) is 0 Å². The maximum atomic E-state index is 3.48. The van der Waals surface area contributed by atoms with Gasteiger partial charge in [-0.3, -0.25) is 0 Å². The van der Waals surface area contributed by atoms with Gasteiger partial charge in [-0.2, -0.15) is 0 Å². The molecule has 1 heteroatoms. The molecule has 0 aromatic rings. The number of rotatable bonds is 2. The Morgan fingerprint density at radius 3 is 2.50 bits per heavy atom. The van der Waals surface area contributed by atoms with E-state index < -0.39 is 0 Å². The fourth-order valence-electron chi connectivity index (χ4n) is 1.65. The fraction of sp³-hybridized carbons (Fsp3) is 0.778. The number of nitrogens with one attached hydrogen (secondary N) is 1. The minimum Gasteiger partial charge on any atom is -0.386 e. The number of hydrogen-bond acceptors (Lipinski definition) is 1.